The molecule has 0 aromatic heterocycles. The van der Waals surface area contributed by atoms with Gasteiger partial charge in [0.2, 0.25) is 0 Å². The van der Waals surface area contributed by atoms with E-state index in [1.165, 1.54) is 5.56 Å². The van der Waals surface area contributed by atoms with Crippen LogP contribution in [0, 0.1) is 6.92 Å². The monoisotopic (exact) mass is 563 g/mol. The maximum Gasteiger partial charge on any atom is 0.416 e. The van der Waals surface area contributed by atoms with Crippen molar-refractivity contribution in [3.63, 3.8) is 0 Å². The van der Waals surface area contributed by atoms with Crippen LogP contribution in [0.15, 0.2) is 60.7 Å². The number of anilines is 1. The molecule has 0 aliphatic carbocycles. The van der Waals surface area contributed by atoms with Crippen LogP contribution in [0.2, 0.25) is 0 Å². The second-order valence-corrected chi connectivity index (χ2v) is 10.9. The van der Waals surface area contributed by atoms with Gasteiger partial charge >= 0.3 is 6.18 Å². The smallest absolute Gasteiger partial charge is 0.416 e. The van der Waals surface area contributed by atoms with Crippen molar-refractivity contribution >= 4 is 5.69 Å². The van der Waals surface area contributed by atoms with E-state index >= 15 is 0 Å². The van der Waals surface area contributed by atoms with E-state index in [0.717, 1.165) is 28.9 Å². The summed E-state index contributed by atoms with van der Waals surface area (Å²) in [6.07, 6.45) is -9.40. The first-order valence-electron chi connectivity index (χ1n) is 13.1. The van der Waals surface area contributed by atoms with Crippen molar-refractivity contribution in [2.24, 2.45) is 0 Å². The molecule has 40 heavy (non-hydrogen) atoms. The van der Waals surface area contributed by atoms with Crippen molar-refractivity contribution in [3.8, 4) is 5.75 Å². The predicted octanol–water partition coefficient (Wildman–Crippen LogP) is 8.79. The summed E-state index contributed by atoms with van der Waals surface area (Å²) in [5, 5.41) is 3.41. The van der Waals surface area contributed by atoms with Gasteiger partial charge in [0.1, 0.15) is 23.6 Å². The van der Waals surface area contributed by atoms with Gasteiger partial charge < -0.3 is 19.5 Å². The number of rotatable bonds is 9. The highest BCUT2D eigenvalue weighted by Gasteiger charge is 2.46. The number of ether oxygens (including phenoxy) is 3. The van der Waals surface area contributed by atoms with Gasteiger partial charge in [-0.2, -0.15) is 13.2 Å². The Morgan fingerprint density at radius 1 is 0.950 bits per heavy atom. The highest BCUT2D eigenvalue weighted by atomic mass is 19.4. The third kappa shape index (κ3) is 7.12. The summed E-state index contributed by atoms with van der Waals surface area (Å²) in [7, 11) is 0. The second kappa shape index (κ2) is 11.7. The van der Waals surface area contributed by atoms with Crippen molar-refractivity contribution in [1.82, 2.24) is 0 Å². The third-order valence-electron chi connectivity index (χ3n) is 6.71. The molecule has 2 atom stereocenters. The number of fused-ring (bicyclic) bond motifs is 1. The van der Waals surface area contributed by atoms with E-state index in [1.54, 1.807) is 13.8 Å². The first kappa shape index (κ1) is 29.8. The lowest BCUT2D eigenvalue weighted by Gasteiger charge is -2.45. The number of hydrogen-bond donors (Lipinski definition) is 1. The van der Waals surface area contributed by atoms with E-state index in [9.17, 15) is 22.0 Å². The summed E-state index contributed by atoms with van der Waals surface area (Å²) < 4.78 is 85.7. The normalized spacial score (nSPS) is 18.5. The predicted molar refractivity (Wildman–Crippen MR) is 144 cm³/mol. The molecule has 0 amide bonds. The Kier molecular flexibility index (Phi) is 8.75. The molecular formula is C31H34F5NO3. The maximum absolute atomic E-state index is 13.4. The van der Waals surface area contributed by atoms with Crippen molar-refractivity contribution in [2.45, 2.75) is 84.3 Å². The first-order valence-corrected chi connectivity index (χ1v) is 13.1. The van der Waals surface area contributed by atoms with Gasteiger partial charge in [0.25, 0.3) is 6.43 Å². The molecule has 9 heteroatoms. The van der Waals surface area contributed by atoms with Gasteiger partial charge in [-0.15, -0.1) is 0 Å². The standard InChI is InChI=1S/C31H34F5NO3/c1-18(2)39-27-25-15-24(37-16-20-8-6-19(3)7-9-20)10-11-26(25)40-30(4,5)28(27)38-17-21-12-22(29(32)33)14-23(13-21)31(34,35)36/h6-15,18,27-29,37H,16-17H2,1-5H3. The molecule has 4 nitrogen and oxygen atoms in total. The summed E-state index contributed by atoms with van der Waals surface area (Å²) in [6.45, 7) is 9.65. The first-order chi connectivity index (χ1) is 18.7. The Bertz CT molecular complexity index is 1310. The molecule has 0 bridgehead atoms. The largest absolute Gasteiger partial charge is 0.485 e. The lowest BCUT2D eigenvalue weighted by molar-refractivity contribution is -0.177. The number of hydrogen-bond acceptors (Lipinski definition) is 4. The van der Waals surface area contributed by atoms with Crippen LogP contribution in [0.3, 0.4) is 0 Å². The number of nitrogens with one attached hydrogen (secondary N) is 1. The Labute approximate surface area is 231 Å². The van der Waals surface area contributed by atoms with Gasteiger partial charge in [0.05, 0.1) is 18.3 Å². The molecular weight excluding hydrogens is 529 g/mol. The minimum absolute atomic E-state index is 0.0106. The van der Waals surface area contributed by atoms with Crippen LogP contribution in [0.1, 0.15) is 73.6 Å². The van der Waals surface area contributed by atoms with Crippen LogP contribution in [-0.2, 0) is 28.8 Å². The molecule has 3 aromatic rings. The lowest BCUT2D eigenvalue weighted by atomic mass is 9.87. The summed E-state index contributed by atoms with van der Waals surface area (Å²) >= 11 is 0. The van der Waals surface area contributed by atoms with Gasteiger partial charge in [-0.25, -0.2) is 8.78 Å². The molecule has 1 aliphatic heterocycles. The van der Waals surface area contributed by atoms with Gasteiger partial charge in [0, 0.05) is 23.4 Å². The molecule has 1 N–H and O–H groups in total. The third-order valence-corrected chi connectivity index (χ3v) is 6.71. The minimum Gasteiger partial charge on any atom is -0.485 e. The SMILES string of the molecule is Cc1ccc(CNc2ccc3c(c2)C(OC(C)C)C(OCc2cc(C(F)F)cc(C(F)(F)F)c2)C(C)(C)O3)cc1. The lowest BCUT2D eigenvalue weighted by Crippen LogP contribution is -2.51. The molecule has 1 aliphatic rings. The number of alkyl halides is 5. The molecule has 1 heterocycles. The highest BCUT2D eigenvalue weighted by Crippen LogP contribution is 2.45. The van der Waals surface area contributed by atoms with E-state index in [4.69, 9.17) is 14.2 Å². The Morgan fingerprint density at radius 3 is 2.27 bits per heavy atom. The van der Waals surface area contributed by atoms with Crippen molar-refractivity contribution < 1.29 is 36.2 Å². The van der Waals surface area contributed by atoms with Gasteiger partial charge in [0.15, 0.2) is 0 Å². The van der Waals surface area contributed by atoms with Crippen molar-refractivity contribution in [2.75, 3.05) is 5.32 Å². The van der Waals surface area contributed by atoms with Crippen LogP contribution in [0.25, 0.3) is 0 Å². The van der Waals surface area contributed by atoms with E-state index in [2.05, 4.69) is 5.32 Å². The number of benzene rings is 3. The average Bonchev–Trinajstić information content (AvgIpc) is 2.86. The van der Waals surface area contributed by atoms with E-state index in [1.807, 2.05) is 63.2 Å². The zero-order valence-corrected chi connectivity index (χ0v) is 23.1. The van der Waals surface area contributed by atoms with Crippen molar-refractivity contribution in [1.29, 1.82) is 0 Å². The zero-order valence-electron chi connectivity index (χ0n) is 23.1. The number of aryl methyl sites for hydroxylation is 1. The average molecular weight is 564 g/mol. The van der Waals surface area contributed by atoms with Crippen LogP contribution >= 0.6 is 0 Å². The Morgan fingerprint density at radius 2 is 1.65 bits per heavy atom. The molecule has 3 aromatic carbocycles. The van der Waals surface area contributed by atoms with Crippen molar-refractivity contribution in [3.05, 3.63) is 94.0 Å². The zero-order chi connectivity index (χ0) is 29.2. The molecule has 0 fully saturated rings. The molecule has 0 radical (unpaired) electrons. The molecule has 2 unspecified atom stereocenters. The Balaban J connectivity index is 1.61. The molecule has 0 saturated carbocycles. The summed E-state index contributed by atoms with van der Waals surface area (Å²) in [6, 6.07) is 16.2. The fraction of sp³-hybridized carbons (Fsp3) is 0.419. The van der Waals surface area contributed by atoms with Crippen LogP contribution < -0.4 is 10.1 Å². The molecule has 0 spiro atoms. The highest BCUT2D eigenvalue weighted by molar-refractivity contribution is 5.54. The van der Waals surface area contributed by atoms with Crippen LogP contribution in [0.4, 0.5) is 27.6 Å². The van der Waals surface area contributed by atoms with Crippen LogP contribution in [0.5, 0.6) is 5.75 Å². The minimum atomic E-state index is -4.77. The maximum atomic E-state index is 13.4. The quantitative estimate of drug-likeness (QED) is 0.264. The van der Waals surface area contributed by atoms with E-state index in [-0.39, 0.29) is 18.3 Å². The van der Waals surface area contributed by atoms with Crippen LogP contribution in [-0.4, -0.2) is 17.8 Å². The second-order valence-electron chi connectivity index (χ2n) is 10.9. The number of halogens is 5. The molecule has 0 saturated heterocycles. The molecule has 4 rings (SSSR count). The van der Waals surface area contributed by atoms with E-state index in [0.29, 0.717) is 18.4 Å². The summed E-state index contributed by atoms with van der Waals surface area (Å²) in [5.74, 6) is 0.607. The van der Waals surface area contributed by atoms with Gasteiger partial charge in [-0.3, -0.25) is 0 Å². The van der Waals surface area contributed by atoms with Gasteiger partial charge in [-0.1, -0.05) is 29.8 Å². The summed E-state index contributed by atoms with van der Waals surface area (Å²) in [5.41, 5.74) is 1.04. The Hall–Kier alpha value is -3.17. The summed E-state index contributed by atoms with van der Waals surface area (Å²) in [4.78, 5) is 0. The topological polar surface area (TPSA) is 39.7 Å². The fourth-order valence-electron chi connectivity index (χ4n) is 4.76. The van der Waals surface area contributed by atoms with E-state index < -0.39 is 41.5 Å². The van der Waals surface area contributed by atoms with Gasteiger partial charge in [-0.05, 0) is 82.1 Å². The molecule has 216 valence electrons. The fourth-order valence-corrected chi connectivity index (χ4v) is 4.76.